The third-order valence-electron chi connectivity index (χ3n) is 4.41. The normalized spacial score (nSPS) is 10.8. The van der Waals surface area contributed by atoms with Gasteiger partial charge in [-0.25, -0.2) is 8.42 Å². The largest absolute Gasteiger partial charge is 0.494 e. The van der Waals surface area contributed by atoms with Gasteiger partial charge in [-0.3, -0.25) is 19.6 Å². The average Bonchev–Trinajstić information content (AvgIpc) is 2.80. The fourth-order valence-electron chi connectivity index (χ4n) is 2.81. The molecule has 0 radical (unpaired) electrons. The van der Waals surface area contributed by atoms with Crippen molar-refractivity contribution in [3.63, 3.8) is 0 Å². The molecule has 0 aromatic heterocycles. The van der Waals surface area contributed by atoms with Crippen LogP contribution in [0.25, 0.3) is 0 Å². The molecule has 0 bridgehead atoms. The van der Waals surface area contributed by atoms with Gasteiger partial charge in [0.15, 0.2) is 0 Å². The Hall–Kier alpha value is -4.12. The van der Waals surface area contributed by atoms with Crippen LogP contribution >= 0.6 is 0 Å². The van der Waals surface area contributed by atoms with Crippen LogP contribution in [0.3, 0.4) is 0 Å². The molecule has 0 atom stereocenters. The number of sulfonamides is 1. The van der Waals surface area contributed by atoms with E-state index in [-0.39, 0.29) is 39.4 Å². The number of methoxy groups -OCH3 is 2. The lowest BCUT2D eigenvalue weighted by Gasteiger charge is -2.17. The van der Waals surface area contributed by atoms with Crippen LogP contribution in [0.4, 0.5) is 17.1 Å². The minimum absolute atomic E-state index is 0.0559. The average molecular weight is 457 g/mol. The highest BCUT2D eigenvalue weighted by atomic mass is 32.2. The van der Waals surface area contributed by atoms with Crippen LogP contribution in [0.5, 0.6) is 11.5 Å². The molecule has 0 saturated heterocycles. The van der Waals surface area contributed by atoms with Gasteiger partial charge in [0, 0.05) is 29.8 Å². The fraction of sp³-hybridized carbons (Fsp3) is 0.0952. The first-order chi connectivity index (χ1) is 15.2. The summed E-state index contributed by atoms with van der Waals surface area (Å²) >= 11 is 0. The first-order valence-electron chi connectivity index (χ1n) is 9.15. The fourth-order valence-corrected chi connectivity index (χ4v) is 3.87. The van der Waals surface area contributed by atoms with E-state index in [9.17, 15) is 23.3 Å². The van der Waals surface area contributed by atoms with Crippen LogP contribution in [0, 0.1) is 10.1 Å². The monoisotopic (exact) mass is 457 g/mol. The number of non-ortho nitro benzene ring substituents is 1. The topological polar surface area (TPSA) is 137 Å². The van der Waals surface area contributed by atoms with Crippen molar-refractivity contribution in [2.75, 3.05) is 24.3 Å². The SMILES string of the molecule is COc1cc(NS(=O)(=O)c2ccc([N+](=O)[O-])cc2)c(OC)cc1NC(=O)c1ccccc1. The Labute approximate surface area is 184 Å². The number of hydrogen-bond donors (Lipinski definition) is 2. The molecule has 3 aromatic carbocycles. The van der Waals surface area contributed by atoms with Crippen LogP contribution in [-0.4, -0.2) is 33.5 Å². The van der Waals surface area contributed by atoms with Gasteiger partial charge < -0.3 is 14.8 Å². The number of carbonyl (C=O) groups excluding carboxylic acids is 1. The van der Waals surface area contributed by atoms with Crippen molar-refractivity contribution in [3.8, 4) is 11.5 Å². The molecule has 0 spiro atoms. The van der Waals surface area contributed by atoms with Gasteiger partial charge in [0.05, 0.1) is 35.4 Å². The predicted octanol–water partition coefficient (Wildman–Crippen LogP) is 3.67. The second-order valence-electron chi connectivity index (χ2n) is 6.43. The second-order valence-corrected chi connectivity index (χ2v) is 8.11. The van der Waals surface area contributed by atoms with Gasteiger partial charge in [0.25, 0.3) is 21.6 Å². The van der Waals surface area contributed by atoms with Crippen LogP contribution in [0.2, 0.25) is 0 Å². The van der Waals surface area contributed by atoms with E-state index >= 15 is 0 Å². The summed E-state index contributed by atoms with van der Waals surface area (Å²) in [5, 5.41) is 13.5. The van der Waals surface area contributed by atoms with E-state index in [4.69, 9.17) is 9.47 Å². The zero-order chi connectivity index (χ0) is 23.3. The number of benzene rings is 3. The molecular weight excluding hydrogens is 438 g/mol. The molecule has 10 nitrogen and oxygen atoms in total. The Morgan fingerprint density at radius 1 is 0.906 bits per heavy atom. The van der Waals surface area contributed by atoms with Crippen molar-refractivity contribution >= 4 is 33.0 Å². The van der Waals surface area contributed by atoms with Gasteiger partial charge in [-0.1, -0.05) is 18.2 Å². The summed E-state index contributed by atoms with van der Waals surface area (Å²) in [6.07, 6.45) is 0. The summed E-state index contributed by atoms with van der Waals surface area (Å²) < 4.78 is 38.5. The van der Waals surface area contributed by atoms with Gasteiger partial charge in [0.2, 0.25) is 0 Å². The zero-order valence-corrected chi connectivity index (χ0v) is 17.9. The molecule has 0 saturated carbocycles. The Kier molecular flexibility index (Phi) is 6.59. The molecule has 0 fully saturated rings. The number of nitrogens with one attached hydrogen (secondary N) is 2. The van der Waals surface area contributed by atoms with Crippen molar-refractivity contribution in [3.05, 3.63) is 82.4 Å². The van der Waals surface area contributed by atoms with Crippen molar-refractivity contribution in [1.29, 1.82) is 0 Å². The van der Waals surface area contributed by atoms with Crippen LogP contribution in [-0.2, 0) is 10.0 Å². The third kappa shape index (κ3) is 4.95. The predicted molar refractivity (Wildman–Crippen MR) is 118 cm³/mol. The lowest BCUT2D eigenvalue weighted by Crippen LogP contribution is -2.15. The standard InChI is InChI=1S/C21H19N3O7S/c1-30-19-13-18(23-32(28,29)16-10-8-15(9-11-16)24(26)27)20(31-2)12-17(19)22-21(25)14-6-4-3-5-7-14/h3-13,23H,1-2H3,(H,22,25). The molecule has 3 aromatic rings. The lowest BCUT2D eigenvalue weighted by molar-refractivity contribution is -0.384. The first kappa shape index (κ1) is 22.6. The van der Waals surface area contributed by atoms with Crippen molar-refractivity contribution in [1.82, 2.24) is 0 Å². The van der Waals surface area contributed by atoms with E-state index in [2.05, 4.69) is 10.0 Å². The quantitative estimate of drug-likeness (QED) is 0.389. The molecule has 0 heterocycles. The maximum atomic E-state index is 12.8. The summed E-state index contributed by atoms with van der Waals surface area (Å²) in [7, 11) is -1.38. The van der Waals surface area contributed by atoms with E-state index in [1.54, 1.807) is 30.3 Å². The number of nitrogens with zero attached hydrogens (tertiary/aromatic N) is 1. The van der Waals surface area contributed by atoms with Gasteiger partial charge in [-0.15, -0.1) is 0 Å². The number of amides is 1. The summed E-state index contributed by atoms with van der Waals surface area (Å²) in [6.45, 7) is 0. The number of carbonyl (C=O) groups is 1. The van der Waals surface area contributed by atoms with E-state index in [1.807, 2.05) is 0 Å². The molecule has 1 amide bonds. The zero-order valence-electron chi connectivity index (χ0n) is 17.1. The maximum Gasteiger partial charge on any atom is 0.269 e. The Bertz CT molecular complexity index is 1240. The molecule has 2 N–H and O–H groups in total. The molecule has 0 aliphatic rings. The molecule has 11 heteroatoms. The number of nitro benzene ring substituents is 1. The summed E-state index contributed by atoms with van der Waals surface area (Å²) in [5.41, 5.74) is 0.523. The number of rotatable bonds is 8. The Morgan fingerprint density at radius 2 is 1.47 bits per heavy atom. The van der Waals surface area contributed by atoms with E-state index in [0.717, 1.165) is 24.3 Å². The molecule has 3 rings (SSSR count). The molecule has 166 valence electrons. The van der Waals surface area contributed by atoms with Gasteiger partial charge >= 0.3 is 0 Å². The highest BCUT2D eigenvalue weighted by Gasteiger charge is 2.21. The van der Waals surface area contributed by atoms with Crippen molar-refractivity contribution < 1.29 is 27.6 Å². The number of nitro groups is 1. The van der Waals surface area contributed by atoms with Crippen LogP contribution in [0.1, 0.15) is 10.4 Å². The highest BCUT2D eigenvalue weighted by Crippen LogP contribution is 2.37. The highest BCUT2D eigenvalue weighted by molar-refractivity contribution is 7.92. The summed E-state index contributed by atoms with van der Waals surface area (Å²) in [4.78, 5) is 22.5. The molecule has 32 heavy (non-hydrogen) atoms. The third-order valence-corrected chi connectivity index (χ3v) is 5.79. The van der Waals surface area contributed by atoms with E-state index < -0.39 is 14.9 Å². The Morgan fingerprint density at radius 3 is 2.03 bits per heavy atom. The minimum Gasteiger partial charge on any atom is -0.494 e. The second kappa shape index (κ2) is 9.35. The van der Waals surface area contributed by atoms with Crippen LogP contribution in [0.15, 0.2) is 71.6 Å². The molecular formula is C21H19N3O7S. The first-order valence-corrected chi connectivity index (χ1v) is 10.6. The van der Waals surface area contributed by atoms with E-state index in [1.165, 1.54) is 26.4 Å². The summed E-state index contributed by atoms with van der Waals surface area (Å²) in [5.74, 6) is -0.0682. The van der Waals surface area contributed by atoms with Crippen molar-refractivity contribution in [2.24, 2.45) is 0 Å². The smallest absolute Gasteiger partial charge is 0.269 e. The van der Waals surface area contributed by atoms with Gasteiger partial charge in [-0.2, -0.15) is 0 Å². The van der Waals surface area contributed by atoms with Crippen LogP contribution < -0.4 is 19.5 Å². The molecule has 0 aliphatic carbocycles. The number of hydrogen-bond acceptors (Lipinski definition) is 7. The summed E-state index contributed by atoms with van der Waals surface area (Å²) in [6, 6.07) is 15.7. The van der Waals surface area contributed by atoms with E-state index in [0.29, 0.717) is 5.56 Å². The number of ether oxygens (including phenoxy) is 2. The lowest BCUT2D eigenvalue weighted by atomic mass is 10.2. The molecule has 0 unspecified atom stereocenters. The van der Waals surface area contributed by atoms with Gasteiger partial charge in [-0.05, 0) is 24.3 Å². The Balaban J connectivity index is 1.91. The van der Waals surface area contributed by atoms with Crippen molar-refractivity contribution in [2.45, 2.75) is 4.90 Å². The minimum atomic E-state index is -4.09. The maximum absolute atomic E-state index is 12.8. The number of anilines is 2. The molecule has 0 aliphatic heterocycles. The van der Waals surface area contributed by atoms with Gasteiger partial charge in [0.1, 0.15) is 11.5 Å².